The average Bonchev–Trinajstić information content (AvgIpc) is 3.54. The summed E-state index contributed by atoms with van der Waals surface area (Å²) in [7, 11) is 0. The Morgan fingerprint density at radius 2 is 1.91 bits per heavy atom. The number of carbonyl (C=O) groups excluding carboxylic acids is 2. The van der Waals surface area contributed by atoms with E-state index < -0.39 is 0 Å². The highest BCUT2D eigenvalue weighted by molar-refractivity contribution is 6.07. The van der Waals surface area contributed by atoms with Crippen molar-refractivity contribution < 1.29 is 27.9 Å². The van der Waals surface area contributed by atoms with Gasteiger partial charge in [-0.05, 0) is 50.5 Å². The van der Waals surface area contributed by atoms with Crippen molar-refractivity contribution in [3.63, 3.8) is 0 Å². The Bertz CT molecular complexity index is 1270. The number of nitrogens with one attached hydrogen (secondary N) is 2. The molecule has 3 aromatic rings. The number of benzene rings is 1. The van der Waals surface area contributed by atoms with Crippen molar-refractivity contribution >= 4 is 17.5 Å². The zero-order valence-corrected chi connectivity index (χ0v) is 18.3. The lowest BCUT2D eigenvalue weighted by molar-refractivity contribution is 0.0918. The molecule has 1 aromatic carbocycles. The molecule has 1 aliphatic carbocycles. The molecule has 1 aliphatic heterocycles. The minimum atomic E-state index is -0.344. The summed E-state index contributed by atoms with van der Waals surface area (Å²) in [6.07, 6.45) is 3.66. The molecule has 2 N–H and O–H groups in total. The van der Waals surface area contributed by atoms with Crippen LogP contribution in [0.2, 0.25) is 0 Å². The van der Waals surface area contributed by atoms with Crippen LogP contribution >= 0.6 is 0 Å². The number of furan rings is 2. The van der Waals surface area contributed by atoms with E-state index in [-0.39, 0.29) is 24.4 Å². The zero-order valence-electron chi connectivity index (χ0n) is 18.3. The van der Waals surface area contributed by atoms with E-state index in [0.717, 1.165) is 17.5 Å². The number of hydrogen-bond acceptors (Lipinski definition) is 7. The summed E-state index contributed by atoms with van der Waals surface area (Å²) in [6.45, 7) is 4.08. The maximum atomic E-state index is 12.9. The topological polar surface area (TPSA) is 115 Å². The third-order valence-electron chi connectivity index (χ3n) is 5.82. The largest absolute Gasteiger partial charge is 0.469 e. The molecule has 2 aromatic heterocycles. The van der Waals surface area contributed by atoms with Crippen LogP contribution in [0.15, 0.2) is 44.5 Å². The smallest absolute Gasteiger partial charge is 0.287 e. The monoisotopic (exact) mass is 449 g/mol. The summed E-state index contributed by atoms with van der Waals surface area (Å²) in [5.74, 6) is 2.20. The molecule has 0 spiro atoms. The van der Waals surface area contributed by atoms with Gasteiger partial charge in [-0.1, -0.05) is 6.07 Å². The Kier molecular flexibility index (Phi) is 5.37. The number of hydrogen-bond donors (Lipinski definition) is 2. The Morgan fingerprint density at radius 1 is 1.06 bits per heavy atom. The van der Waals surface area contributed by atoms with Gasteiger partial charge in [-0.15, -0.1) is 0 Å². The van der Waals surface area contributed by atoms with Gasteiger partial charge >= 0.3 is 0 Å². The Labute approximate surface area is 189 Å². The highest BCUT2D eigenvalue weighted by Gasteiger charge is 2.28. The predicted octanol–water partition coefficient (Wildman–Crippen LogP) is 3.62. The zero-order chi connectivity index (χ0) is 22.9. The van der Waals surface area contributed by atoms with E-state index in [1.807, 2.05) is 25.1 Å². The molecular weight excluding hydrogens is 426 g/mol. The summed E-state index contributed by atoms with van der Waals surface area (Å²) in [6, 6.07) is 7.15. The van der Waals surface area contributed by atoms with E-state index in [0.29, 0.717) is 59.2 Å². The number of aryl methyl sites for hydroxylation is 2. The minimum Gasteiger partial charge on any atom is -0.469 e. The highest BCUT2D eigenvalue weighted by Crippen LogP contribution is 2.33. The molecule has 0 bridgehead atoms. The van der Waals surface area contributed by atoms with Crippen molar-refractivity contribution in [3.05, 3.63) is 70.1 Å². The van der Waals surface area contributed by atoms with Crippen LogP contribution in [-0.2, 0) is 13.0 Å². The van der Waals surface area contributed by atoms with Gasteiger partial charge in [0.05, 0.1) is 17.5 Å². The van der Waals surface area contributed by atoms with Gasteiger partial charge in [0.2, 0.25) is 6.79 Å². The molecule has 9 heteroatoms. The number of nitrogens with zero attached hydrogens (tertiary/aromatic N) is 1. The van der Waals surface area contributed by atoms with Gasteiger partial charge in [0, 0.05) is 24.1 Å². The fourth-order valence-electron chi connectivity index (χ4n) is 4.11. The first-order chi connectivity index (χ1) is 16.0. The third kappa shape index (κ3) is 3.97. The van der Waals surface area contributed by atoms with Crippen molar-refractivity contribution in [2.45, 2.75) is 39.7 Å². The number of carbonyl (C=O) groups is 2. The minimum absolute atomic E-state index is 0.203. The lowest BCUT2D eigenvalue weighted by atomic mass is 9.93. The second kappa shape index (κ2) is 8.50. The SMILES string of the molecule is Cc1occc1C(=O)N/N=C1\CCCc2oc(C(=O)NCc3ccc4c(c3)OCO4)c(C)c21. The molecule has 0 saturated carbocycles. The second-order valence-corrected chi connectivity index (χ2v) is 7.97. The Hall–Kier alpha value is -4.01. The quantitative estimate of drug-likeness (QED) is 0.575. The molecule has 5 rings (SSSR count). The third-order valence-corrected chi connectivity index (χ3v) is 5.82. The van der Waals surface area contributed by atoms with E-state index >= 15 is 0 Å². The van der Waals surface area contributed by atoms with Crippen molar-refractivity contribution in [2.24, 2.45) is 5.10 Å². The standard InChI is InChI=1S/C24H23N3O6/c1-13-21-17(26-27-23(28)16-8-9-30-14(16)2)4-3-5-19(21)33-22(13)24(29)25-11-15-6-7-18-20(10-15)32-12-31-18/h6-10H,3-5,11-12H2,1-2H3,(H,25,29)(H,27,28)/b26-17+. The van der Waals surface area contributed by atoms with E-state index in [9.17, 15) is 9.59 Å². The highest BCUT2D eigenvalue weighted by atomic mass is 16.7. The molecule has 0 radical (unpaired) electrons. The fourth-order valence-corrected chi connectivity index (χ4v) is 4.11. The molecule has 0 unspecified atom stereocenters. The number of hydrazone groups is 1. The number of rotatable bonds is 5. The van der Waals surface area contributed by atoms with Crippen LogP contribution in [0.25, 0.3) is 0 Å². The van der Waals surface area contributed by atoms with Gasteiger partial charge in [-0.3, -0.25) is 9.59 Å². The molecule has 33 heavy (non-hydrogen) atoms. The summed E-state index contributed by atoms with van der Waals surface area (Å²) in [4.78, 5) is 25.3. The molecule has 9 nitrogen and oxygen atoms in total. The van der Waals surface area contributed by atoms with Crippen LogP contribution in [0.3, 0.4) is 0 Å². The van der Waals surface area contributed by atoms with Crippen molar-refractivity contribution in [1.82, 2.24) is 10.7 Å². The van der Waals surface area contributed by atoms with Crippen LogP contribution in [0.4, 0.5) is 0 Å². The lowest BCUT2D eigenvalue weighted by Gasteiger charge is -2.13. The van der Waals surface area contributed by atoms with Gasteiger partial charge in [0.25, 0.3) is 11.8 Å². The van der Waals surface area contributed by atoms with Crippen molar-refractivity contribution in [2.75, 3.05) is 6.79 Å². The lowest BCUT2D eigenvalue weighted by Crippen LogP contribution is -2.23. The van der Waals surface area contributed by atoms with Crippen LogP contribution in [0, 0.1) is 13.8 Å². The molecule has 2 aliphatic rings. The molecule has 2 amide bonds. The summed E-state index contributed by atoms with van der Waals surface area (Å²) in [5.41, 5.74) is 6.11. The normalized spacial score (nSPS) is 15.4. The van der Waals surface area contributed by atoms with Crippen LogP contribution < -0.4 is 20.2 Å². The molecule has 3 heterocycles. The summed E-state index contributed by atoms with van der Waals surface area (Å²) in [5, 5.41) is 7.24. The maximum absolute atomic E-state index is 12.9. The number of fused-ring (bicyclic) bond motifs is 2. The molecule has 0 fully saturated rings. The molecule has 0 saturated heterocycles. The van der Waals surface area contributed by atoms with Crippen LogP contribution in [0.1, 0.15) is 62.0 Å². The van der Waals surface area contributed by atoms with E-state index in [1.54, 1.807) is 13.0 Å². The number of amides is 2. The average molecular weight is 449 g/mol. The van der Waals surface area contributed by atoms with Crippen LogP contribution in [-0.4, -0.2) is 24.3 Å². The van der Waals surface area contributed by atoms with Gasteiger partial charge in [0.1, 0.15) is 11.5 Å². The van der Waals surface area contributed by atoms with E-state index in [2.05, 4.69) is 15.8 Å². The first-order valence-electron chi connectivity index (χ1n) is 10.7. The van der Waals surface area contributed by atoms with E-state index in [1.165, 1.54) is 6.26 Å². The van der Waals surface area contributed by atoms with Gasteiger partial charge in [-0.2, -0.15) is 5.10 Å². The first-order valence-corrected chi connectivity index (χ1v) is 10.7. The first kappa shape index (κ1) is 20.9. The summed E-state index contributed by atoms with van der Waals surface area (Å²) >= 11 is 0. The summed E-state index contributed by atoms with van der Waals surface area (Å²) < 4.78 is 21.8. The maximum Gasteiger partial charge on any atom is 0.287 e. The van der Waals surface area contributed by atoms with Gasteiger partial charge in [0.15, 0.2) is 17.3 Å². The van der Waals surface area contributed by atoms with Crippen LogP contribution in [0.5, 0.6) is 11.5 Å². The fraction of sp³-hybridized carbons (Fsp3) is 0.292. The Morgan fingerprint density at radius 3 is 2.73 bits per heavy atom. The van der Waals surface area contributed by atoms with Gasteiger partial charge in [-0.25, -0.2) is 5.43 Å². The molecule has 170 valence electrons. The molecule has 0 atom stereocenters. The number of ether oxygens (including phenoxy) is 2. The van der Waals surface area contributed by atoms with Gasteiger partial charge < -0.3 is 23.6 Å². The van der Waals surface area contributed by atoms with E-state index in [4.69, 9.17) is 18.3 Å². The predicted molar refractivity (Wildman–Crippen MR) is 118 cm³/mol. The van der Waals surface area contributed by atoms with Crippen molar-refractivity contribution in [1.29, 1.82) is 0 Å². The van der Waals surface area contributed by atoms with Crippen molar-refractivity contribution in [3.8, 4) is 11.5 Å². The molecular formula is C24H23N3O6. The second-order valence-electron chi connectivity index (χ2n) is 7.97. The Balaban J connectivity index is 1.31.